The molecule has 118 valence electrons. The summed E-state index contributed by atoms with van der Waals surface area (Å²) in [7, 11) is 0. The number of halogens is 1. The van der Waals surface area contributed by atoms with Crippen LogP contribution in [-0.4, -0.2) is 17.1 Å². The summed E-state index contributed by atoms with van der Waals surface area (Å²) in [6.45, 7) is 0. The molecule has 3 nitrogen and oxygen atoms in total. The molecule has 4 unspecified atom stereocenters. The molecular formula is C19H18ClNO2. The summed E-state index contributed by atoms with van der Waals surface area (Å²) in [4.78, 5) is 12.5. The van der Waals surface area contributed by atoms with Crippen LogP contribution in [0.5, 0.6) is 0 Å². The molecule has 0 spiro atoms. The van der Waals surface area contributed by atoms with Crippen molar-refractivity contribution in [3.8, 4) is 0 Å². The molecule has 0 saturated heterocycles. The van der Waals surface area contributed by atoms with Gasteiger partial charge >= 0.3 is 0 Å². The topological polar surface area (TPSA) is 49.3 Å². The average Bonchev–Trinajstić information content (AvgIpc) is 3.28. The molecule has 0 radical (unpaired) electrons. The Bertz CT molecular complexity index is 761. The van der Waals surface area contributed by atoms with Gasteiger partial charge in [0, 0.05) is 17.4 Å². The molecule has 4 heteroatoms. The summed E-state index contributed by atoms with van der Waals surface area (Å²) < 4.78 is 0. The Morgan fingerprint density at radius 2 is 2.00 bits per heavy atom. The number of rotatable bonds is 3. The van der Waals surface area contributed by atoms with E-state index in [1.54, 1.807) is 0 Å². The first-order valence-electron chi connectivity index (χ1n) is 7.95. The lowest BCUT2D eigenvalue weighted by molar-refractivity contribution is -0.123. The normalized spacial score (nSPS) is 28.3. The predicted octanol–water partition coefficient (Wildman–Crippen LogP) is 3.22. The predicted molar refractivity (Wildman–Crippen MR) is 89.3 cm³/mol. The van der Waals surface area contributed by atoms with Gasteiger partial charge in [0.2, 0.25) is 5.91 Å². The monoisotopic (exact) mass is 327 g/mol. The highest BCUT2D eigenvalue weighted by Gasteiger charge is 2.45. The van der Waals surface area contributed by atoms with Crippen LogP contribution in [0.15, 0.2) is 48.5 Å². The SMILES string of the molecule is O=C(NC1c2ccccc2CC1O)C1CC1c1cccc(Cl)c1. The number of carbonyl (C=O) groups is 1. The zero-order valence-electron chi connectivity index (χ0n) is 12.6. The fourth-order valence-electron chi connectivity index (χ4n) is 3.60. The van der Waals surface area contributed by atoms with Crippen molar-refractivity contribution in [2.24, 2.45) is 5.92 Å². The number of amides is 1. The smallest absolute Gasteiger partial charge is 0.224 e. The summed E-state index contributed by atoms with van der Waals surface area (Å²) in [5, 5.41) is 14.0. The Morgan fingerprint density at radius 3 is 2.83 bits per heavy atom. The van der Waals surface area contributed by atoms with E-state index in [9.17, 15) is 9.90 Å². The van der Waals surface area contributed by atoms with Crippen molar-refractivity contribution in [2.45, 2.75) is 30.9 Å². The highest BCUT2D eigenvalue weighted by Crippen LogP contribution is 2.48. The van der Waals surface area contributed by atoms with Gasteiger partial charge in [-0.2, -0.15) is 0 Å². The van der Waals surface area contributed by atoms with Crippen LogP contribution in [0.25, 0.3) is 0 Å². The third kappa shape index (κ3) is 2.75. The third-order valence-electron chi connectivity index (χ3n) is 4.91. The number of benzene rings is 2. The molecule has 2 aliphatic carbocycles. The maximum atomic E-state index is 12.5. The van der Waals surface area contributed by atoms with Crippen LogP contribution in [0.2, 0.25) is 5.02 Å². The lowest BCUT2D eigenvalue weighted by atomic mass is 10.1. The molecule has 23 heavy (non-hydrogen) atoms. The summed E-state index contributed by atoms with van der Waals surface area (Å²) in [6, 6.07) is 15.3. The minimum absolute atomic E-state index is 0.0200. The van der Waals surface area contributed by atoms with Crippen LogP contribution < -0.4 is 5.32 Å². The maximum absolute atomic E-state index is 12.5. The van der Waals surface area contributed by atoms with Crippen molar-refractivity contribution in [2.75, 3.05) is 0 Å². The quantitative estimate of drug-likeness (QED) is 0.909. The number of fused-ring (bicyclic) bond motifs is 1. The number of nitrogens with one attached hydrogen (secondary N) is 1. The zero-order valence-corrected chi connectivity index (χ0v) is 13.3. The van der Waals surface area contributed by atoms with E-state index < -0.39 is 6.10 Å². The molecule has 0 aliphatic heterocycles. The zero-order chi connectivity index (χ0) is 16.0. The molecule has 2 aromatic rings. The van der Waals surface area contributed by atoms with Gasteiger partial charge in [-0.3, -0.25) is 4.79 Å². The third-order valence-corrected chi connectivity index (χ3v) is 5.14. The second kappa shape index (κ2) is 5.66. The summed E-state index contributed by atoms with van der Waals surface area (Å²) >= 11 is 6.02. The summed E-state index contributed by atoms with van der Waals surface area (Å²) in [5.41, 5.74) is 3.27. The molecule has 4 atom stereocenters. The molecule has 0 bridgehead atoms. The van der Waals surface area contributed by atoms with Gasteiger partial charge < -0.3 is 10.4 Å². The second-order valence-electron chi connectivity index (χ2n) is 6.46. The van der Waals surface area contributed by atoms with Gasteiger partial charge in [0.05, 0.1) is 12.1 Å². The molecule has 0 aromatic heterocycles. The largest absolute Gasteiger partial charge is 0.390 e. The van der Waals surface area contributed by atoms with E-state index in [2.05, 4.69) is 5.32 Å². The molecule has 2 aromatic carbocycles. The first kappa shape index (κ1) is 14.7. The number of hydrogen-bond donors (Lipinski definition) is 2. The number of aliphatic hydroxyl groups excluding tert-OH is 1. The van der Waals surface area contributed by atoms with Crippen molar-refractivity contribution < 1.29 is 9.90 Å². The van der Waals surface area contributed by atoms with Gasteiger partial charge in [0.15, 0.2) is 0 Å². The Hall–Kier alpha value is -1.84. The lowest BCUT2D eigenvalue weighted by Crippen LogP contribution is -2.35. The van der Waals surface area contributed by atoms with E-state index >= 15 is 0 Å². The first-order valence-corrected chi connectivity index (χ1v) is 8.33. The maximum Gasteiger partial charge on any atom is 0.224 e. The van der Waals surface area contributed by atoms with Crippen molar-refractivity contribution >= 4 is 17.5 Å². The van der Waals surface area contributed by atoms with Gasteiger partial charge in [-0.25, -0.2) is 0 Å². The Labute approximate surface area is 140 Å². The van der Waals surface area contributed by atoms with Crippen LogP contribution in [-0.2, 0) is 11.2 Å². The number of aliphatic hydroxyl groups is 1. The molecule has 4 rings (SSSR count). The van der Waals surface area contributed by atoms with E-state index in [-0.39, 0.29) is 23.8 Å². The average molecular weight is 328 g/mol. The van der Waals surface area contributed by atoms with Gasteiger partial charge in [-0.05, 0) is 41.2 Å². The minimum Gasteiger partial charge on any atom is -0.390 e. The molecule has 0 heterocycles. The van der Waals surface area contributed by atoms with Crippen molar-refractivity contribution in [1.82, 2.24) is 5.32 Å². The molecule has 1 fully saturated rings. The number of carbonyl (C=O) groups excluding carboxylic acids is 1. The van der Waals surface area contributed by atoms with Gasteiger partial charge in [0.25, 0.3) is 0 Å². The van der Waals surface area contributed by atoms with Gasteiger partial charge in [-0.1, -0.05) is 48.0 Å². The van der Waals surface area contributed by atoms with Crippen LogP contribution >= 0.6 is 11.6 Å². The van der Waals surface area contributed by atoms with Gasteiger partial charge in [-0.15, -0.1) is 0 Å². The second-order valence-corrected chi connectivity index (χ2v) is 6.90. The fourth-order valence-corrected chi connectivity index (χ4v) is 3.80. The Balaban J connectivity index is 1.46. The first-order chi connectivity index (χ1) is 11.1. The minimum atomic E-state index is -0.542. The van der Waals surface area contributed by atoms with E-state index in [4.69, 9.17) is 11.6 Å². The van der Waals surface area contributed by atoms with Crippen LogP contribution in [0.3, 0.4) is 0 Å². The van der Waals surface area contributed by atoms with E-state index in [1.165, 1.54) is 0 Å². The summed E-state index contributed by atoms with van der Waals surface area (Å²) in [6.07, 6.45) is 0.903. The van der Waals surface area contributed by atoms with Crippen LogP contribution in [0.1, 0.15) is 35.1 Å². The molecular weight excluding hydrogens is 310 g/mol. The van der Waals surface area contributed by atoms with Crippen molar-refractivity contribution in [3.05, 3.63) is 70.2 Å². The lowest BCUT2D eigenvalue weighted by Gasteiger charge is -2.18. The highest BCUT2D eigenvalue weighted by molar-refractivity contribution is 6.30. The molecule has 1 amide bonds. The van der Waals surface area contributed by atoms with Crippen molar-refractivity contribution in [1.29, 1.82) is 0 Å². The fraction of sp³-hybridized carbons (Fsp3) is 0.316. The van der Waals surface area contributed by atoms with Gasteiger partial charge in [0.1, 0.15) is 0 Å². The molecule has 2 aliphatic rings. The van der Waals surface area contributed by atoms with Crippen LogP contribution in [0.4, 0.5) is 0 Å². The van der Waals surface area contributed by atoms with E-state index in [0.29, 0.717) is 11.4 Å². The Morgan fingerprint density at radius 1 is 1.17 bits per heavy atom. The van der Waals surface area contributed by atoms with Crippen LogP contribution in [0, 0.1) is 5.92 Å². The highest BCUT2D eigenvalue weighted by atomic mass is 35.5. The Kier molecular flexibility index (Phi) is 3.63. The molecule has 2 N–H and O–H groups in total. The van der Waals surface area contributed by atoms with Crippen molar-refractivity contribution in [3.63, 3.8) is 0 Å². The van der Waals surface area contributed by atoms with E-state index in [0.717, 1.165) is 23.1 Å². The van der Waals surface area contributed by atoms with E-state index in [1.807, 2.05) is 48.5 Å². The standard InChI is InChI=1S/C19H18ClNO2/c20-13-6-3-5-11(8-13)15-10-16(15)19(23)21-18-14-7-2-1-4-12(14)9-17(18)22/h1-8,15-18,22H,9-10H2,(H,21,23). The number of hydrogen-bond acceptors (Lipinski definition) is 2. The molecule has 1 saturated carbocycles. The summed E-state index contributed by atoms with van der Waals surface area (Å²) in [5.74, 6) is 0.242.